The van der Waals surface area contributed by atoms with Crippen molar-refractivity contribution in [1.82, 2.24) is 0 Å². The number of allylic oxidation sites excluding steroid dienone is 14. The summed E-state index contributed by atoms with van der Waals surface area (Å²) in [5.41, 5.74) is 0. The van der Waals surface area contributed by atoms with E-state index in [2.05, 4.69) is 98.9 Å². The van der Waals surface area contributed by atoms with Crippen LogP contribution >= 0.6 is 0 Å². The Hall–Kier alpha value is -2.92. The summed E-state index contributed by atoms with van der Waals surface area (Å²) in [7, 11) is 0. The summed E-state index contributed by atoms with van der Waals surface area (Å²) in [6.45, 7) is 4.03. The highest BCUT2D eigenvalue weighted by Gasteiger charge is 2.16. The average molecular weight is 934 g/mol. The van der Waals surface area contributed by atoms with Crippen molar-refractivity contribution in [2.24, 2.45) is 0 Å². The fourth-order valence-corrected chi connectivity index (χ4v) is 8.18. The van der Waals surface area contributed by atoms with Crippen LogP contribution in [0, 0.1) is 0 Å². The van der Waals surface area contributed by atoms with Crippen molar-refractivity contribution in [2.75, 3.05) is 13.2 Å². The molecule has 1 N–H and O–H groups in total. The normalized spacial score (nSPS) is 12.8. The predicted octanol–water partition coefficient (Wildman–Crippen LogP) is 19.4. The highest BCUT2D eigenvalue weighted by molar-refractivity contribution is 5.70. The SMILES string of the molecule is CC/C=C\C/C=C\C/C=C\C/C=C\C/C=C\C/C=C\C/C=C\CCCCCC(=O)OC(CO)COC(=O)CCCCCCCCCCCCCCCCCCCCCCCCCCCCCC. The van der Waals surface area contributed by atoms with Crippen LogP contribution < -0.4 is 0 Å². The summed E-state index contributed by atoms with van der Waals surface area (Å²) < 4.78 is 10.7. The molecular weight excluding hydrogens is 825 g/mol. The Morgan fingerprint density at radius 3 is 0.970 bits per heavy atom. The second kappa shape index (κ2) is 57.4. The quantitative estimate of drug-likeness (QED) is 0.0374. The van der Waals surface area contributed by atoms with Crippen molar-refractivity contribution in [3.63, 3.8) is 0 Å². The van der Waals surface area contributed by atoms with Crippen LogP contribution in [-0.4, -0.2) is 36.4 Å². The van der Waals surface area contributed by atoms with E-state index in [1.165, 1.54) is 161 Å². The number of carbonyl (C=O) groups is 2. The molecule has 0 bridgehead atoms. The van der Waals surface area contributed by atoms with E-state index in [0.717, 1.165) is 89.9 Å². The third-order valence-electron chi connectivity index (χ3n) is 12.5. The molecule has 0 radical (unpaired) electrons. The lowest BCUT2D eigenvalue weighted by Crippen LogP contribution is -2.28. The van der Waals surface area contributed by atoms with E-state index in [1.54, 1.807) is 0 Å². The maximum atomic E-state index is 12.3. The highest BCUT2D eigenvalue weighted by Crippen LogP contribution is 2.17. The van der Waals surface area contributed by atoms with E-state index in [4.69, 9.17) is 9.47 Å². The van der Waals surface area contributed by atoms with Gasteiger partial charge in [0.15, 0.2) is 6.10 Å². The van der Waals surface area contributed by atoms with Crippen molar-refractivity contribution >= 4 is 11.9 Å². The lowest BCUT2D eigenvalue weighted by molar-refractivity contribution is -0.161. The summed E-state index contributed by atoms with van der Waals surface area (Å²) in [6, 6.07) is 0. The molecule has 0 fully saturated rings. The minimum absolute atomic E-state index is 0.0812. The van der Waals surface area contributed by atoms with Gasteiger partial charge in [0.2, 0.25) is 0 Å². The van der Waals surface area contributed by atoms with Gasteiger partial charge in [0.05, 0.1) is 6.61 Å². The van der Waals surface area contributed by atoms with Gasteiger partial charge in [0.25, 0.3) is 0 Å². The number of rotatable bonds is 52. The number of esters is 2. The van der Waals surface area contributed by atoms with Crippen molar-refractivity contribution in [3.05, 3.63) is 85.1 Å². The van der Waals surface area contributed by atoms with Gasteiger partial charge in [-0.1, -0.05) is 279 Å². The largest absolute Gasteiger partial charge is 0.462 e. The summed E-state index contributed by atoms with van der Waals surface area (Å²) in [5.74, 6) is -0.623. The van der Waals surface area contributed by atoms with Crippen molar-refractivity contribution in [3.8, 4) is 0 Å². The van der Waals surface area contributed by atoms with Crippen molar-refractivity contribution in [2.45, 2.75) is 283 Å². The molecule has 0 aliphatic rings. The lowest BCUT2D eigenvalue weighted by atomic mass is 10.0. The monoisotopic (exact) mass is 933 g/mol. The molecule has 5 heteroatoms. The van der Waals surface area contributed by atoms with Gasteiger partial charge in [-0.2, -0.15) is 0 Å². The molecule has 0 aromatic carbocycles. The maximum Gasteiger partial charge on any atom is 0.306 e. The molecule has 0 aromatic rings. The molecule has 0 rings (SSSR count). The average Bonchev–Trinajstić information content (AvgIpc) is 3.33. The van der Waals surface area contributed by atoms with Gasteiger partial charge in [0, 0.05) is 12.8 Å². The van der Waals surface area contributed by atoms with E-state index < -0.39 is 6.10 Å². The summed E-state index contributed by atoms with van der Waals surface area (Å²) in [4.78, 5) is 24.5. The maximum absolute atomic E-state index is 12.3. The minimum atomic E-state index is -0.794. The molecule has 5 nitrogen and oxygen atoms in total. The van der Waals surface area contributed by atoms with E-state index in [-0.39, 0.29) is 25.2 Å². The molecule has 0 aromatic heterocycles. The molecule has 0 amide bonds. The van der Waals surface area contributed by atoms with Crippen LogP contribution in [0.3, 0.4) is 0 Å². The van der Waals surface area contributed by atoms with Crippen LogP contribution in [0.5, 0.6) is 0 Å². The van der Waals surface area contributed by atoms with Crippen LogP contribution in [0.25, 0.3) is 0 Å². The first-order valence-electron chi connectivity index (χ1n) is 28.6. The van der Waals surface area contributed by atoms with Gasteiger partial charge >= 0.3 is 11.9 Å². The van der Waals surface area contributed by atoms with E-state index in [1.807, 2.05) is 0 Å². The Kier molecular flexibility index (Phi) is 54.9. The molecule has 0 saturated carbocycles. The zero-order valence-electron chi connectivity index (χ0n) is 44.1. The molecular formula is C62H108O5. The fraction of sp³-hybridized carbons (Fsp3) is 0.742. The van der Waals surface area contributed by atoms with Crippen molar-refractivity contribution in [1.29, 1.82) is 0 Å². The molecule has 386 valence electrons. The Labute approximate surface area is 416 Å². The van der Waals surface area contributed by atoms with E-state index >= 15 is 0 Å². The number of unbranched alkanes of at least 4 members (excludes halogenated alkanes) is 30. The molecule has 0 spiro atoms. The summed E-state index contributed by atoms with van der Waals surface area (Å²) >= 11 is 0. The number of hydrogen-bond donors (Lipinski definition) is 1. The fourth-order valence-electron chi connectivity index (χ4n) is 8.18. The van der Waals surface area contributed by atoms with Gasteiger partial charge < -0.3 is 14.6 Å². The van der Waals surface area contributed by atoms with Gasteiger partial charge in [-0.05, 0) is 70.6 Å². The Morgan fingerprint density at radius 2 is 0.642 bits per heavy atom. The Morgan fingerprint density at radius 1 is 0.358 bits per heavy atom. The Bertz CT molecular complexity index is 1240. The molecule has 1 unspecified atom stereocenters. The number of carbonyl (C=O) groups excluding carboxylic acids is 2. The predicted molar refractivity (Wildman–Crippen MR) is 293 cm³/mol. The second-order valence-electron chi connectivity index (χ2n) is 19.0. The molecule has 0 saturated heterocycles. The van der Waals surface area contributed by atoms with E-state index in [0.29, 0.717) is 12.8 Å². The van der Waals surface area contributed by atoms with Crippen LogP contribution in [-0.2, 0) is 19.1 Å². The third-order valence-corrected chi connectivity index (χ3v) is 12.5. The van der Waals surface area contributed by atoms with Gasteiger partial charge in [0.1, 0.15) is 6.61 Å². The zero-order chi connectivity index (χ0) is 48.5. The highest BCUT2D eigenvalue weighted by atomic mass is 16.6. The molecule has 1 atom stereocenters. The lowest BCUT2D eigenvalue weighted by Gasteiger charge is -2.15. The summed E-state index contributed by atoms with van der Waals surface area (Å²) in [6.07, 6.45) is 79.9. The smallest absolute Gasteiger partial charge is 0.306 e. The van der Waals surface area contributed by atoms with Gasteiger partial charge in [-0.3, -0.25) is 9.59 Å². The molecule has 0 heterocycles. The number of aliphatic hydroxyl groups excluding tert-OH is 1. The standard InChI is InChI=1S/C62H108O5/c1-3-5-7-9-11-13-15-17-19-21-23-25-27-29-30-31-33-34-36-38-40-42-44-46-48-50-52-54-56-61(64)66-59-60(58-63)67-62(65)57-55-53-51-49-47-45-43-41-39-37-35-32-28-26-24-22-20-18-16-14-12-10-8-6-4-2/h6,8,12,14,18,20,24,26,32,35,39,41,45,47,60,63H,3-5,7,9-11,13,15-17,19,21-23,25,27-31,33-34,36-38,40,42-44,46,48-59H2,1-2H3/b8-6-,14-12-,20-18-,26-24-,35-32-,41-39-,47-45-. The summed E-state index contributed by atoms with van der Waals surface area (Å²) in [5, 5.41) is 9.65. The number of ether oxygens (including phenoxy) is 2. The number of hydrogen-bond acceptors (Lipinski definition) is 5. The number of aliphatic hydroxyl groups is 1. The van der Waals surface area contributed by atoms with Crippen molar-refractivity contribution < 1.29 is 24.2 Å². The Balaban J connectivity index is 3.53. The molecule has 0 aliphatic heterocycles. The topological polar surface area (TPSA) is 72.8 Å². The van der Waals surface area contributed by atoms with Crippen LogP contribution in [0.1, 0.15) is 277 Å². The molecule has 67 heavy (non-hydrogen) atoms. The van der Waals surface area contributed by atoms with Crippen LogP contribution in [0.4, 0.5) is 0 Å². The zero-order valence-corrected chi connectivity index (χ0v) is 44.1. The first-order chi connectivity index (χ1) is 33.1. The van der Waals surface area contributed by atoms with E-state index in [9.17, 15) is 14.7 Å². The minimum Gasteiger partial charge on any atom is -0.462 e. The third kappa shape index (κ3) is 55.6. The van der Waals surface area contributed by atoms with Crippen LogP contribution in [0.2, 0.25) is 0 Å². The first kappa shape index (κ1) is 64.1. The van der Waals surface area contributed by atoms with Gasteiger partial charge in [-0.15, -0.1) is 0 Å². The molecule has 0 aliphatic carbocycles. The van der Waals surface area contributed by atoms with Crippen LogP contribution in [0.15, 0.2) is 85.1 Å². The second-order valence-corrected chi connectivity index (χ2v) is 19.0. The van der Waals surface area contributed by atoms with Gasteiger partial charge in [-0.25, -0.2) is 0 Å². The first-order valence-corrected chi connectivity index (χ1v) is 28.6.